The second-order valence-corrected chi connectivity index (χ2v) is 9.19. The van der Waals surface area contributed by atoms with Crippen molar-refractivity contribution in [1.82, 2.24) is 5.32 Å². The standard InChI is InChI=1S/C23H22ClFN2O4S/c1-31-21-10-12-22(13-11-21)32(29,30)27(20-8-4-18(24)5-9-20)16-23(28)26-15-14-17-2-6-19(25)7-3-17/h2-13H,14-16H2,1H3,(H,26,28). The molecule has 3 aromatic carbocycles. The first kappa shape index (κ1) is 23.6. The van der Waals surface area contributed by atoms with Crippen LogP contribution in [0.5, 0.6) is 5.75 Å². The van der Waals surface area contributed by atoms with Gasteiger partial charge in [0, 0.05) is 11.6 Å². The zero-order valence-electron chi connectivity index (χ0n) is 17.3. The maximum atomic E-state index is 13.3. The van der Waals surface area contributed by atoms with E-state index in [1.165, 1.54) is 55.6 Å². The third kappa shape index (κ3) is 5.99. The minimum atomic E-state index is -4.04. The van der Waals surface area contributed by atoms with Gasteiger partial charge in [0.1, 0.15) is 18.1 Å². The molecule has 0 spiro atoms. The van der Waals surface area contributed by atoms with Gasteiger partial charge in [-0.1, -0.05) is 23.7 Å². The Hall–Kier alpha value is -3.10. The Labute approximate surface area is 191 Å². The average molecular weight is 477 g/mol. The topological polar surface area (TPSA) is 75.7 Å². The van der Waals surface area contributed by atoms with Gasteiger partial charge in [0.25, 0.3) is 10.0 Å². The normalized spacial score (nSPS) is 11.1. The fourth-order valence-electron chi connectivity index (χ4n) is 2.98. The number of anilines is 1. The van der Waals surface area contributed by atoms with Gasteiger partial charge in [-0.05, 0) is 72.6 Å². The summed E-state index contributed by atoms with van der Waals surface area (Å²) >= 11 is 5.94. The van der Waals surface area contributed by atoms with Crippen molar-refractivity contribution < 1.29 is 22.3 Å². The Morgan fingerprint density at radius 2 is 1.62 bits per heavy atom. The van der Waals surface area contributed by atoms with Crippen molar-refractivity contribution in [2.75, 3.05) is 24.5 Å². The lowest BCUT2D eigenvalue weighted by Crippen LogP contribution is -2.41. The number of carbonyl (C=O) groups excluding carboxylic acids is 1. The van der Waals surface area contributed by atoms with Crippen LogP contribution in [0.2, 0.25) is 5.02 Å². The molecule has 0 radical (unpaired) electrons. The largest absolute Gasteiger partial charge is 0.497 e. The molecule has 0 aliphatic rings. The lowest BCUT2D eigenvalue weighted by molar-refractivity contribution is -0.119. The summed E-state index contributed by atoms with van der Waals surface area (Å²) in [5, 5.41) is 3.16. The Bertz CT molecular complexity index is 1150. The SMILES string of the molecule is COc1ccc(S(=O)(=O)N(CC(=O)NCCc2ccc(F)cc2)c2ccc(Cl)cc2)cc1. The maximum absolute atomic E-state index is 13.3. The number of hydrogen-bond acceptors (Lipinski definition) is 4. The Kier molecular flexibility index (Phi) is 7.71. The number of rotatable bonds is 9. The predicted molar refractivity (Wildman–Crippen MR) is 122 cm³/mol. The Morgan fingerprint density at radius 3 is 2.22 bits per heavy atom. The van der Waals surface area contributed by atoms with Gasteiger partial charge in [-0.2, -0.15) is 0 Å². The third-order valence-corrected chi connectivity index (χ3v) is 6.74. The summed E-state index contributed by atoms with van der Waals surface area (Å²) in [6, 6.07) is 18.1. The number of ether oxygens (including phenoxy) is 1. The summed E-state index contributed by atoms with van der Waals surface area (Å²) in [6.45, 7) is -0.138. The number of amides is 1. The van der Waals surface area contributed by atoms with E-state index in [2.05, 4.69) is 5.32 Å². The van der Waals surface area contributed by atoms with E-state index in [9.17, 15) is 17.6 Å². The van der Waals surface area contributed by atoms with Crippen LogP contribution in [0.3, 0.4) is 0 Å². The summed E-state index contributed by atoms with van der Waals surface area (Å²) in [7, 11) is -2.55. The quantitative estimate of drug-likeness (QED) is 0.505. The number of methoxy groups -OCH3 is 1. The summed E-state index contributed by atoms with van der Waals surface area (Å²) in [5.74, 6) is -0.292. The first-order chi connectivity index (χ1) is 15.3. The van der Waals surface area contributed by atoms with Gasteiger partial charge >= 0.3 is 0 Å². The highest BCUT2D eigenvalue weighted by molar-refractivity contribution is 7.92. The fraction of sp³-hybridized carbons (Fsp3) is 0.174. The van der Waals surface area contributed by atoms with Crippen molar-refractivity contribution in [2.45, 2.75) is 11.3 Å². The van der Waals surface area contributed by atoms with E-state index in [1.54, 1.807) is 24.3 Å². The Morgan fingerprint density at radius 1 is 1.00 bits per heavy atom. The number of sulfonamides is 1. The third-order valence-electron chi connectivity index (χ3n) is 4.70. The molecular formula is C23H22ClFN2O4S. The monoisotopic (exact) mass is 476 g/mol. The highest BCUT2D eigenvalue weighted by atomic mass is 35.5. The highest BCUT2D eigenvalue weighted by Gasteiger charge is 2.27. The van der Waals surface area contributed by atoms with Crippen molar-refractivity contribution >= 4 is 33.2 Å². The molecule has 0 atom stereocenters. The van der Waals surface area contributed by atoms with Crippen LogP contribution < -0.4 is 14.4 Å². The summed E-state index contributed by atoms with van der Waals surface area (Å²) in [5.41, 5.74) is 1.16. The van der Waals surface area contributed by atoms with Crippen molar-refractivity contribution in [2.24, 2.45) is 0 Å². The van der Waals surface area contributed by atoms with E-state index in [0.717, 1.165) is 9.87 Å². The van der Waals surface area contributed by atoms with E-state index in [4.69, 9.17) is 16.3 Å². The average Bonchev–Trinajstić information content (AvgIpc) is 2.79. The van der Waals surface area contributed by atoms with Gasteiger partial charge < -0.3 is 10.1 Å². The number of nitrogens with zero attached hydrogens (tertiary/aromatic N) is 1. The van der Waals surface area contributed by atoms with Crippen LogP contribution in [0, 0.1) is 5.82 Å². The second-order valence-electron chi connectivity index (χ2n) is 6.89. The van der Waals surface area contributed by atoms with Crippen LogP contribution in [0.25, 0.3) is 0 Å². The molecule has 6 nitrogen and oxygen atoms in total. The molecule has 0 saturated heterocycles. The fourth-order valence-corrected chi connectivity index (χ4v) is 4.53. The van der Waals surface area contributed by atoms with Gasteiger partial charge in [-0.3, -0.25) is 9.10 Å². The summed E-state index contributed by atoms with van der Waals surface area (Å²) in [4.78, 5) is 12.6. The van der Waals surface area contributed by atoms with E-state index in [0.29, 0.717) is 22.9 Å². The molecule has 0 aliphatic heterocycles. The van der Waals surface area contributed by atoms with Gasteiger partial charge in [0.05, 0.1) is 17.7 Å². The zero-order chi connectivity index (χ0) is 23.1. The molecule has 3 aromatic rings. The predicted octanol–water partition coefficient (Wildman–Crippen LogP) is 4.04. The second kappa shape index (κ2) is 10.5. The molecule has 1 amide bonds. The minimum absolute atomic E-state index is 0.0207. The molecule has 168 valence electrons. The number of hydrogen-bond donors (Lipinski definition) is 1. The van der Waals surface area contributed by atoms with Crippen molar-refractivity contribution in [3.63, 3.8) is 0 Å². The molecule has 0 aliphatic carbocycles. The van der Waals surface area contributed by atoms with Crippen LogP contribution in [-0.4, -0.2) is 34.5 Å². The minimum Gasteiger partial charge on any atom is -0.497 e. The highest BCUT2D eigenvalue weighted by Crippen LogP contribution is 2.26. The van der Waals surface area contributed by atoms with E-state index in [-0.39, 0.29) is 17.3 Å². The van der Waals surface area contributed by atoms with E-state index < -0.39 is 22.5 Å². The van der Waals surface area contributed by atoms with Crippen LogP contribution in [0.1, 0.15) is 5.56 Å². The molecule has 32 heavy (non-hydrogen) atoms. The van der Waals surface area contributed by atoms with Crippen LogP contribution in [-0.2, 0) is 21.2 Å². The molecule has 0 saturated carbocycles. The van der Waals surface area contributed by atoms with Crippen LogP contribution in [0.4, 0.5) is 10.1 Å². The van der Waals surface area contributed by atoms with Crippen molar-refractivity contribution in [3.05, 3.63) is 89.2 Å². The lowest BCUT2D eigenvalue weighted by Gasteiger charge is -2.24. The molecular weight excluding hydrogens is 455 g/mol. The molecule has 0 aromatic heterocycles. The first-order valence-corrected chi connectivity index (χ1v) is 11.5. The Balaban J connectivity index is 1.77. The lowest BCUT2D eigenvalue weighted by atomic mass is 10.1. The van der Waals surface area contributed by atoms with Crippen molar-refractivity contribution in [3.8, 4) is 5.75 Å². The molecule has 0 bridgehead atoms. The number of carbonyl (C=O) groups is 1. The zero-order valence-corrected chi connectivity index (χ0v) is 18.9. The van der Waals surface area contributed by atoms with E-state index >= 15 is 0 Å². The number of benzene rings is 3. The number of halogens is 2. The molecule has 1 N–H and O–H groups in total. The molecule has 9 heteroatoms. The van der Waals surface area contributed by atoms with Gasteiger partial charge in [-0.25, -0.2) is 12.8 Å². The van der Waals surface area contributed by atoms with Gasteiger partial charge in [0.15, 0.2) is 0 Å². The summed E-state index contributed by atoms with van der Waals surface area (Å²) < 4.78 is 45.8. The van der Waals surface area contributed by atoms with E-state index in [1.807, 2.05) is 0 Å². The molecule has 0 unspecified atom stereocenters. The molecule has 0 fully saturated rings. The van der Waals surface area contributed by atoms with Gasteiger partial charge in [0.2, 0.25) is 5.91 Å². The first-order valence-electron chi connectivity index (χ1n) is 9.73. The maximum Gasteiger partial charge on any atom is 0.264 e. The molecule has 0 heterocycles. The van der Waals surface area contributed by atoms with Crippen LogP contribution in [0.15, 0.2) is 77.7 Å². The number of nitrogens with one attached hydrogen (secondary N) is 1. The smallest absolute Gasteiger partial charge is 0.264 e. The van der Waals surface area contributed by atoms with Crippen LogP contribution >= 0.6 is 11.6 Å². The molecule has 3 rings (SSSR count). The summed E-state index contributed by atoms with van der Waals surface area (Å²) in [6.07, 6.45) is 0.484. The van der Waals surface area contributed by atoms with Gasteiger partial charge in [-0.15, -0.1) is 0 Å². The van der Waals surface area contributed by atoms with Crippen molar-refractivity contribution in [1.29, 1.82) is 0 Å².